The number of hydrogen-bond acceptors (Lipinski definition) is 6. The van der Waals surface area contributed by atoms with E-state index in [1.54, 1.807) is 18.3 Å². The van der Waals surface area contributed by atoms with Gasteiger partial charge >= 0.3 is 0 Å². The van der Waals surface area contributed by atoms with Crippen molar-refractivity contribution in [3.63, 3.8) is 0 Å². The van der Waals surface area contributed by atoms with Gasteiger partial charge in [0.1, 0.15) is 18.5 Å². The van der Waals surface area contributed by atoms with Crippen LogP contribution < -0.4 is 10.1 Å². The van der Waals surface area contributed by atoms with Gasteiger partial charge in [-0.2, -0.15) is 0 Å². The van der Waals surface area contributed by atoms with E-state index in [9.17, 15) is 15.0 Å². The van der Waals surface area contributed by atoms with E-state index in [1.807, 2.05) is 84.9 Å². The first-order chi connectivity index (χ1) is 18.6. The highest BCUT2D eigenvalue weighted by molar-refractivity contribution is 6.03. The van der Waals surface area contributed by atoms with Crippen LogP contribution in [-0.4, -0.2) is 57.9 Å². The highest BCUT2D eigenvalue weighted by atomic mass is 16.5. The van der Waals surface area contributed by atoms with Gasteiger partial charge in [-0.3, -0.25) is 14.7 Å². The Kier molecular flexibility index (Phi) is 9.98. The molecular formula is C31H33N3O4. The molecule has 4 aromatic rings. The molecule has 0 radical (unpaired) electrons. The maximum Gasteiger partial charge on any atom is 0.257 e. The highest BCUT2D eigenvalue weighted by Crippen LogP contribution is 2.17. The second-order valence-electron chi connectivity index (χ2n) is 9.13. The minimum Gasteiger partial charge on any atom is -0.491 e. The third-order valence-electron chi connectivity index (χ3n) is 6.19. The first-order valence-electron chi connectivity index (χ1n) is 12.7. The second-order valence-corrected chi connectivity index (χ2v) is 9.13. The summed E-state index contributed by atoms with van der Waals surface area (Å²) >= 11 is 0. The minimum atomic E-state index is -0.738. The molecule has 0 aliphatic carbocycles. The normalized spacial score (nSPS) is 12.6. The summed E-state index contributed by atoms with van der Waals surface area (Å²) in [6.07, 6.45) is 2.99. The lowest BCUT2D eigenvalue weighted by atomic mass is 10.0. The number of aliphatic hydroxyl groups excluding tert-OH is 2. The molecule has 3 N–H and O–H groups in total. The molecule has 1 heterocycles. The van der Waals surface area contributed by atoms with Crippen LogP contribution in [0.4, 0.5) is 5.69 Å². The number of hydrogen-bond donors (Lipinski definition) is 3. The molecular weight excluding hydrogens is 478 g/mol. The number of carbonyl (C=O) groups is 1. The van der Waals surface area contributed by atoms with E-state index in [-0.39, 0.29) is 25.2 Å². The van der Waals surface area contributed by atoms with Crippen LogP contribution in [0.25, 0.3) is 0 Å². The van der Waals surface area contributed by atoms with Crippen molar-refractivity contribution in [1.29, 1.82) is 0 Å². The zero-order valence-corrected chi connectivity index (χ0v) is 21.2. The van der Waals surface area contributed by atoms with E-state index in [4.69, 9.17) is 4.74 Å². The number of aromatic nitrogens is 1. The van der Waals surface area contributed by atoms with Crippen molar-refractivity contribution in [2.24, 2.45) is 0 Å². The maximum absolute atomic E-state index is 12.4. The van der Waals surface area contributed by atoms with Gasteiger partial charge in [0.15, 0.2) is 0 Å². The Labute approximate surface area is 223 Å². The molecule has 38 heavy (non-hydrogen) atoms. The van der Waals surface area contributed by atoms with Crippen LogP contribution in [0.3, 0.4) is 0 Å². The fraction of sp³-hybridized carbons (Fsp3) is 0.226. The molecule has 196 valence electrons. The van der Waals surface area contributed by atoms with Gasteiger partial charge in [0.05, 0.1) is 12.2 Å². The monoisotopic (exact) mass is 511 g/mol. The van der Waals surface area contributed by atoms with Crippen molar-refractivity contribution < 1.29 is 19.7 Å². The molecule has 1 amide bonds. The molecule has 2 atom stereocenters. The van der Waals surface area contributed by atoms with Crippen molar-refractivity contribution in [2.45, 2.75) is 25.1 Å². The number of ether oxygens (including phenoxy) is 1. The van der Waals surface area contributed by atoms with Gasteiger partial charge < -0.3 is 20.3 Å². The summed E-state index contributed by atoms with van der Waals surface area (Å²) in [7, 11) is 0. The third-order valence-corrected chi connectivity index (χ3v) is 6.19. The van der Waals surface area contributed by atoms with Crippen LogP contribution in [0.5, 0.6) is 5.75 Å². The summed E-state index contributed by atoms with van der Waals surface area (Å²) in [4.78, 5) is 18.5. The lowest BCUT2D eigenvalue weighted by Crippen LogP contribution is -2.44. The summed E-state index contributed by atoms with van der Waals surface area (Å²) in [6.45, 7) is 0.997. The number of nitrogens with zero attached hydrogens (tertiary/aromatic N) is 2. The molecule has 0 aliphatic rings. The predicted molar refractivity (Wildman–Crippen MR) is 148 cm³/mol. The first-order valence-corrected chi connectivity index (χ1v) is 12.7. The summed E-state index contributed by atoms with van der Waals surface area (Å²) < 4.78 is 5.75. The highest BCUT2D eigenvalue weighted by Gasteiger charge is 2.22. The number of nitrogens with one attached hydrogen (secondary N) is 1. The third kappa shape index (κ3) is 8.24. The van der Waals surface area contributed by atoms with Crippen LogP contribution in [0.1, 0.15) is 21.5 Å². The van der Waals surface area contributed by atoms with Crippen LogP contribution in [0, 0.1) is 0 Å². The number of benzene rings is 3. The Balaban J connectivity index is 1.40. The molecule has 0 saturated heterocycles. The topological polar surface area (TPSA) is 94.9 Å². The summed E-state index contributed by atoms with van der Waals surface area (Å²) in [6, 6.07) is 30.2. The van der Waals surface area contributed by atoms with Crippen LogP contribution in [0.2, 0.25) is 0 Å². The van der Waals surface area contributed by atoms with Crippen LogP contribution in [-0.2, 0) is 13.0 Å². The molecule has 0 saturated carbocycles. The maximum atomic E-state index is 12.4. The van der Waals surface area contributed by atoms with Crippen molar-refractivity contribution in [3.8, 4) is 5.75 Å². The van der Waals surface area contributed by atoms with Gasteiger partial charge in [-0.25, -0.2) is 0 Å². The molecule has 0 bridgehead atoms. The van der Waals surface area contributed by atoms with Crippen LogP contribution >= 0.6 is 0 Å². The minimum absolute atomic E-state index is 0.0708. The lowest BCUT2D eigenvalue weighted by Gasteiger charge is -2.32. The zero-order chi connectivity index (χ0) is 26.6. The Morgan fingerprint density at radius 2 is 1.61 bits per heavy atom. The van der Waals surface area contributed by atoms with E-state index in [0.717, 1.165) is 11.1 Å². The summed E-state index contributed by atoms with van der Waals surface area (Å²) in [5.74, 6) is 0.482. The molecule has 7 heteroatoms. The first kappa shape index (κ1) is 27.0. The molecule has 7 nitrogen and oxygen atoms in total. The van der Waals surface area contributed by atoms with Gasteiger partial charge in [0.25, 0.3) is 5.91 Å². The number of rotatable bonds is 13. The fourth-order valence-electron chi connectivity index (χ4n) is 4.20. The van der Waals surface area contributed by atoms with E-state index in [0.29, 0.717) is 36.5 Å². The summed E-state index contributed by atoms with van der Waals surface area (Å²) in [5.41, 5.74) is 3.27. The van der Waals surface area contributed by atoms with Gasteiger partial charge in [-0.1, -0.05) is 60.7 Å². The predicted octanol–water partition coefficient (Wildman–Crippen LogP) is 4.18. The number of anilines is 1. The van der Waals surface area contributed by atoms with E-state index in [2.05, 4.69) is 15.2 Å². The largest absolute Gasteiger partial charge is 0.491 e. The second kappa shape index (κ2) is 14.0. The van der Waals surface area contributed by atoms with E-state index >= 15 is 0 Å². The number of amides is 1. The molecule has 0 fully saturated rings. The Morgan fingerprint density at radius 1 is 0.895 bits per heavy atom. The van der Waals surface area contributed by atoms with Crippen molar-refractivity contribution >= 4 is 11.6 Å². The molecule has 3 aromatic carbocycles. The Hall–Kier alpha value is -4.04. The molecule has 1 aromatic heterocycles. The number of para-hydroxylation sites is 1. The van der Waals surface area contributed by atoms with E-state index in [1.165, 1.54) is 6.20 Å². The number of pyridine rings is 1. The van der Waals surface area contributed by atoms with Gasteiger partial charge in [0.2, 0.25) is 0 Å². The SMILES string of the molecule is O=C(Nc1ccc(C[C@@H](CO)N(Cc2ccccc2)C[C@H](O)COc2ccccc2)cc1)c1cccnc1. The van der Waals surface area contributed by atoms with Gasteiger partial charge in [0, 0.05) is 37.2 Å². The molecule has 4 rings (SSSR count). The van der Waals surface area contributed by atoms with Crippen molar-refractivity contribution in [2.75, 3.05) is 25.1 Å². The van der Waals surface area contributed by atoms with Crippen LogP contribution in [0.15, 0.2) is 109 Å². The number of carbonyl (C=O) groups excluding carboxylic acids is 1. The number of aliphatic hydroxyl groups is 2. The zero-order valence-electron chi connectivity index (χ0n) is 21.2. The molecule has 0 aliphatic heterocycles. The smallest absolute Gasteiger partial charge is 0.257 e. The standard InChI is InChI=1S/C31H33N3O4/c35-22-28(18-24-13-15-27(16-14-24)33-31(37)26-10-7-17-32-19-26)34(20-25-8-3-1-4-9-25)21-29(36)23-38-30-11-5-2-6-12-30/h1-17,19,28-29,35-36H,18,20-23H2,(H,33,37)/t28-,29-/m0/s1. The molecule has 0 spiro atoms. The van der Waals surface area contributed by atoms with Crippen molar-refractivity contribution in [1.82, 2.24) is 9.88 Å². The van der Waals surface area contributed by atoms with Gasteiger partial charge in [-0.15, -0.1) is 0 Å². The van der Waals surface area contributed by atoms with E-state index < -0.39 is 6.10 Å². The molecule has 0 unspecified atom stereocenters. The fourth-order valence-corrected chi connectivity index (χ4v) is 4.20. The summed E-state index contributed by atoms with van der Waals surface area (Å²) in [5, 5.41) is 24.0. The average Bonchev–Trinajstić information content (AvgIpc) is 2.97. The Morgan fingerprint density at radius 3 is 2.26 bits per heavy atom. The Bertz CT molecular complexity index is 1240. The average molecular weight is 512 g/mol. The van der Waals surface area contributed by atoms with Gasteiger partial charge in [-0.05, 0) is 53.9 Å². The van der Waals surface area contributed by atoms with Crippen molar-refractivity contribution in [3.05, 3.63) is 126 Å². The quantitative estimate of drug-likeness (QED) is 0.249. The lowest BCUT2D eigenvalue weighted by molar-refractivity contribution is 0.0335.